The van der Waals surface area contributed by atoms with Crippen LogP contribution in [0.3, 0.4) is 0 Å². The average molecular weight is 255 g/mol. The second-order valence-electron chi connectivity index (χ2n) is 4.98. The summed E-state index contributed by atoms with van der Waals surface area (Å²) in [5.74, 6) is 0.897. The van der Waals surface area contributed by atoms with E-state index >= 15 is 0 Å². The van der Waals surface area contributed by atoms with Gasteiger partial charge in [-0.15, -0.1) is 0 Å². The van der Waals surface area contributed by atoms with Gasteiger partial charge in [0.1, 0.15) is 5.75 Å². The monoisotopic (exact) mass is 255 g/mol. The summed E-state index contributed by atoms with van der Waals surface area (Å²) in [5, 5.41) is 12.6. The Bertz CT molecular complexity index is 478. The van der Waals surface area contributed by atoms with Gasteiger partial charge in [-0.2, -0.15) is 0 Å². The van der Waals surface area contributed by atoms with Crippen molar-refractivity contribution in [3.05, 3.63) is 65.7 Å². The quantitative estimate of drug-likeness (QED) is 0.831. The van der Waals surface area contributed by atoms with Gasteiger partial charge in [-0.05, 0) is 55.6 Å². The smallest absolute Gasteiger partial charge is 0.115 e. The SMILES string of the molecule is CNCC(Cc1ccccc1)Cc1ccc(O)cc1. The molecule has 2 aromatic carbocycles. The summed E-state index contributed by atoms with van der Waals surface area (Å²) in [7, 11) is 1.99. The number of phenols is 1. The zero-order chi connectivity index (χ0) is 13.5. The summed E-state index contributed by atoms with van der Waals surface area (Å²) in [4.78, 5) is 0. The van der Waals surface area contributed by atoms with Crippen molar-refractivity contribution in [2.75, 3.05) is 13.6 Å². The fraction of sp³-hybridized carbons (Fsp3) is 0.294. The number of hydrogen-bond donors (Lipinski definition) is 2. The second kappa shape index (κ2) is 6.95. The molecular formula is C17H21NO. The van der Waals surface area contributed by atoms with Crippen molar-refractivity contribution >= 4 is 0 Å². The molecule has 0 radical (unpaired) electrons. The van der Waals surface area contributed by atoms with Gasteiger partial charge in [-0.25, -0.2) is 0 Å². The van der Waals surface area contributed by atoms with E-state index in [4.69, 9.17) is 0 Å². The number of benzene rings is 2. The molecule has 2 heteroatoms. The zero-order valence-corrected chi connectivity index (χ0v) is 11.3. The normalized spacial score (nSPS) is 12.3. The zero-order valence-electron chi connectivity index (χ0n) is 11.3. The van der Waals surface area contributed by atoms with Gasteiger partial charge >= 0.3 is 0 Å². The van der Waals surface area contributed by atoms with Crippen molar-refractivity contribution < 1.29 is 5.11 Å². The fourth-order valence-corrected chi connectivity index (χ4v) is 2.42. The first kappa shape index (κ1) is 13.6. The number of phenolic OH excluding ortho intramolecular Hbond substituents is 1. The highest BCUT2D eigenvalue weighted by molar-refractivity contribution is 5.26. The number of hydrogen-bond acceptors (Lipinski definition) is 2. The van der Waals surface area contributed by atoms with Crippen molar-refractivity contribution in [3.8, 4) is 5.75 Å². The van der Waals surface area contributed by atoms with Crippen LogP contribution in [0.25, 0.3) is 0 Å². The van der Waals surface area contributed by atoms with Gasteiger partial charge in [0.2, 0.25) is 0 Å². The van der Waals surface area contributed by atoms with Gasteiger partial charge in [0.25, 0.3) is 0 Å². The van der Waals surface area contributed by atoms with E-state index in [0.29, 0.717) is 11.7 Å². The number of nitrogens with one attached hydrogen (secondary N) is 1. The van der Waals surface area contributed by atoms with Gasteiger partial charge in [-0.3, -0.25) is 0 Å². The van der Waals surface area contributed by atoms with Gasteiger partial charge in [0.15, 0.2) is 0 Å². The minimum absolute atomic E-state index is 0.331. The van der Waals surface area contributed by atoms with Crippen LogP contribution in [0.15, 0.2) is 54.6 Å². The van der Waals surface area contributed by atoms with Crippen LogP contribution in [0.4, 0.5) is 0 Å². The predicted octanol–water partition coefficient (Wildman–Crippen LogP) is 3.01. The van der Waals surface area contributed by atoms with Crippen LogP contribution >= 0.6 is 0 Å². The summed E-state index contributed by atoms with van der Waals surface area (Å²) < 4.78 is 0. The van der Waals surface area contributed by atoms with E-state index in [0.717, 1.165) is 19.4 Å². The predicted molar refractivity (Wildman–Crippen MR) is 79.4 cm³/mol. The van der Waals surface area contributed by atoms with E-state index < -0.39 is 0 Å². The van der Waals surface area contributed by atoms with Crippen LogP contribution < -0.4 is 5.32 Å². The topological polar surface area (TPSA) is 32.3 Å². The molecule has 1 unspecified atom stereocenters. The van der Waals surface area contributed by atoms with Crippen LogP contribution in [-0.2, 0) is 12.8 Å². The lowest BCUT2D eigenvalue weighted by Crippen LogP contribution is -2.22. The molecule has 0 fully saturated rings. The van der Waals surface area contributed by atoms with E-state index in [9.17, 15) is 5.11 Å². The lowest BCUT2D eigenvalue weighted by molar-refractivity contribution is 0.473. The highest BCUT2D eigenvalue weighted by Crippen LogP contribution is 2.16. The molecule has 0 spiro atoms. The molecule has 0 bridgehead atoms. The summed E-state index contributed by atoms with van der Waals surface area (Å²) in [6, 6.07) is 18.1. The minimum Gasteiger partial charge on any atom is -0.508 e. The average Bonchev–Trinajstić information content (AvgIpc) is 2.43. The third-order valence-corrected chi connectivity index (χ3v) is 3.32. The Morgan fingerprint density at radius 2 is 1.47 bits per heavy atom. The molecule has 0 saturated heterocycles. The van der Waals surface area contributed by atoms with Crippen LogP contribution in [0, 0.1) is 5.92 Å². The van der Waals surface area contributed by atoms with Crippen LogP contribution in [-0.4, -0.2) is 18.7 Å². The molecule has 0 saturated carbocycles. The Hall–Kier alpha value is -1.80. The third kappa shape index (κ3) is 4.42. The van der Waals surface area contributed by atoms with Crippen molar-refractivity contribution in [3.63, 3.8) is 0 Å². The highest BCUT2D eigenvalue weighted by Gasteiger charge is 2.10. The molecule has 0 amide bonds. The molecule has 0 aliphatic heterocycles. The molecule has 0 aliphatic carbocycles. The van der Waals surface area contributed by atoms with Gasteiger partial charge in [-0.1, -0.05) is 42.5 Å². The Morgan fingerprint density at radius 3 is 2.05 bits per heavy atom. The van der Waals surface area contributed by atoms with Crippen LogP contribution in [0.2, 0.25) is 0 Å². The Kier molecular flexibility index (Phi) is 4.99. The fourth-order valence-electron chi connectivity index (χ4n) is 2.42. The Balaban J connectivity index is 2.01. The minimum atomic E-state index is 0.331. The lowest BCUT2D eigenvalue weighted by atomic mass is 9.92. The molecule has 2 rings (SSSR count). The van der Waals surface area contributed by atoms with E-state index in [2.05, 4.69) is 35.6 Å². The van der Waals surface area contributed by atoms with E-state index in [-0.39, 0.29) is 0 Å². The molecule has 0 aliphatic rings. The lowest BCUT2D eigenvalue weighted by Gasteiger charge is -2.17. The molecule has 1 atom stereocenters. The first-order chi connectivity index (χ1) is 9.28. The molecule has 2 nitrogen and oxygen atoms in total. The number of rotatable bonds is 6. The third-order valence-electron chi connectivity index (χ3n) is 3.32. The standard InChI is InChI=1S/C17H21NO/c1-18-13-16(11-14-5-3-2-4-6-14)12-15-7-9-17(19)10-8-15/h2-10,16,18-19H,11-13H2,1H3. The van der Waals surface area contributed by atoms with E-state index in [1.165, 1.54) is 11.1 Å². The summed E-state index contributed by atoms with van der Waals surface area (Å²) in [6.45, 7) is 0.996. The maximum Gasteiger partial charge on any atom is 0.115 e. The maximum atomic E-state index is 9.32. The van der Waals surface area contributed by atoms with Crippen LogP contribution in [0.1, 0.15) is 11.1 Å². The van der Waals surface area contributed by atoms with E-state index in [1.807, 2.05) is 19.2 Å². The summed E-state index contributed by atoms with van der Waals surface area (Å²) in [5.41, 5.74) is 2.65. The highest BCUT2D eigenvalue weighted by atomic mass is 16.3. The molecule has 2 N–H and O–H groups in total. The molecule has 2 aromatic rings. The molecule has 19 heavy (non-hydrogen) atoms. The number of aromatic hydroxyl groups is 1. The molecule has 0 aromatic heterocycles. The first-order valence-electron chi connectivity index (χ1n) is 6.74. The van der Waals surface area contributed by atoms with Crippen molar-refractivity contribution in [2.45, 2.75) is 12.8 Å². The Morgan fingerprint density at radius 1 is 0.895 bits per heavy atom. The van der Waals surface area contributed by atoms with Gasteiger partial charge in [0.05, 0.1) is 0 Å². The largest absolute Gasteiger partial charge is 0.508 e. The first-order valence-corrected chi connectivity index (χ1v) is 6.74. The molecule has 0 heterocycles. The van der Waals surface area contributed by atoms with Gasteiger partial charge < -0.3 is 10.4 Å². The molecular weight excluding hydrogens is 234 g/mol. The summed E-state index contributed by atoms with van der Waals surface area (Å²) in [6.07, 6.45) is 2.10. The summed E-state index contributed by atoms with van der Waals surface area (Å²) >= 11 is 0. The van der Waals surface area contributed by atoms with Crippen molar-refractivity contribution in [1.29, 1.82) is 0 Å². The maximum absolute atomic E-state index is 9.32. The second-order valence-corrected chi connectivity index (χ2v) is 4.98. The van der Waals surface area contributed by atoms with Gasteiger partial charge in [0, 0.05) is 0 Å². The molecule has 100 valence electrons. The van der Waals surface area contributed by atoms with Crippen LogP contribution in [0.5, 0.6) is 5.75 Å². The van der Waals surface area contributed by atoms with Crippen molar-refractivity contribution in [1.82, 2.24) is 5.32 Å². The Labute approximate surface area is 115 Å². The van der Waals surface area contributed by atoms with E-state index in [1.54, 1.807) is 12.1 Å². The van der Waals surface area contributed by atoms with Crippen molar-refractivity contribution in [2.24, 2.45) is 5.92 Å².